The van der Waals surface area contributed by atoms with Crippen molar-refractivity contribution >= 4 is 55.6 Å². The molecule has 1 N–H and O–H groups in total. The van der Waals surface area contributed by atoms with E-state index in [2.05, 4.69) is 22.6 Å². The Hall–Kier alpha value is -0.0000000000000000833. The highest BCUT2D eigenvalue weighted by Crippen LogP contribution is 2.34. The molecule has 0 fully saturated rings. The standard InChI is InChI=1S/C9H6ClIOS/c10-4-5-1-6-3-8(12)13-9(6)7(11)2-5/h1-3,12H,4H2. The molecule has 0 unspecified atom stereocenters. The zero-order valence-electron chi connectivity index (χ0n) is 6.55. The van der Waals surface area contributed by atoms with Crippen LogP contribution in [0.15, 0.2) is 18.2 Å². The molecule has 2 aromatic rings. The number of aromatic hydroxyl groups is 1. The molecule has 0 aliphatic rings. The SMILES string of the molecule is Oc1cc2cc(CCl)cc(I)c2s1. The Morgan fingerprint density at radius 1 is 1.38 bits per heavy atom. The van der Waals surface area contributed by atoms with Crippen LogP contribution in [-0.4, -0.2) is 5.11 Å². The molecule has 0 spiro atoms. The summed E-state index contributed by atoms with van der Waals surface area (Å²) < 4.78 is 2.28. The van der Waals surface area contributed by atoms with Crippen molar-refractivity contribution in [1.82, 2.24) is 0 Å². The van der Waals surface area contributed by atoms with Gasteiger partial charge in [0.05, 0.1) is 4.70 Å². The monoisotopic (exact) mass is 324 g/mol. The van der Waals surface area contributed by atoms with Crippen LogP contribution in [0, 0.1) is 3.57 Å². The van der Waals surface area contributed by atoms with Crippen LogP contribution in [0.1, 0.15) is 5.56 Å². The molecule has 4 heteroatoms. The van der Waals surface area contributed by atoms with Crippen molar-refractivity contribution in [1.29, 1.82) is 0 Å². The van der Waals surface area contributed by atoms with E-state index in [0.29, 0.717) is 10.9 Å². The summed E-state index contributed by atoms with van der Waals surface area (Å²) in [6.07, 6.45) is 0. The molecule has 2 rings (SSSR count). The van der Waals surface area contributed by atoms with E-state index in [-0.39, 0.29) is 0 Å². The fraction of sp³-hybridized carbons (Fsp3) is 0.111. The summed E-state index contributed by atoms with van der Waals surface area (Å²) >= 11 is 9.41. The summed E-state index contributed by atoms with van der Waals surface area (Å²) in [7, 11) is 0. The third-order valence-corrected chi connectivity index (χ3v) is 4.28. The molecule has 1 nitrogen and oxygen atoms in total. The molecule has 0 bridgehead atoms. The molecule has 0 radical (unpaired) electrons. The number of alkyl halides is 1. The normalized spacial score (nSPS) is 10.9. The van der Waals surface area contributed by atoms with Crippen molar-refractivity contribution < 1.29 is 5.11 Å². The van der Waals surface area contributed by atoms with Gasteiger partial charge in [-0.25, -0.2) is 0 Å². The highest BCUT2D eigenvalue weighted by molar-refractivity contribution is 14.1. The van der Waals surface area contributed by atoms with E-state index in [9.17, 15) is 5.11 Å². The summed E-state index contributed by atoms with van der Waals surface area (Å²) in [4.78, 5) is 0. The van der Waals surface area contributed by atoms with Gasteiger partial charge in [-0.1, -0.05) is 11.3 Å². The molecule has 0 aliphatic carbocycles. The zero-order chi connectivity index (χ0) is 9.42. The van der Waals surface area contributed by atoms with Crippen LogP contribution in [0.5, 0.6) is 5.06 Å². The average Bonchev–Trinajstić information content (AvgIpc) is 2.46. The molecule has 68 valence electrons. The second kappa shape index (κ2) is 3.63. The lowest BCUT2D eigenvalue weighted by Gasteiger charge is -1.97. The molecule has 1 heterocycles. The summed E-state index contributed by atoms with van der Waals surface area (Å²) in [6, 6.07) is 5.84. The van der Waals surface area contributed by atoms with E-state index in [1.165, 1.54) is 11.3 Å². The van der Waals surface area contributed by atoms with Gasteiger partial charge in [0.25, 0.3) is 0 Å². The van der Waals surface area contributed by atoms with Crippen LogP contribution in [0.3, 0.4) is 0 Å². The Labute approximate surface area is 98.5 Å². The molecule has 13 heavy (non-hydrogen) atoms. The summed E-state index contributed by atoms with van der Waals surface area (Å²) in [5, 5.41) is 10.8. The minimum absolute atomic E-state index is 0.361. The minimum atomic E-state index is 0.361. The van der Waals surface area contributed by atoms with Crippen LogP contribution >= 0.6 is 45.5 Å². The lowest BCUT2D eigenvalue weighted by Crippen LogP contribution is -1.79. The molecule has 1 aromatic heterocycles. The molecule has 0 saturated heterocycles. The fourth-order valence-electron chi connectivity index (χ4n) is 1.23. The third-order valence-electron chi connectivity index (χ3n) is 1.77. The van der Waals surface area contributed by atoms with Crippen molar-refractivity contribution in [2.45, 2.75) is 5.88 Å². The van der Waals surface area contributed by atoms with Crippen molar-refractivity contribution in [3.8, 4) is 5.06 Å². The van der Waals surface area contributed by atoms with E-state index >= 15 is 0 Å². The van der Waals surface area contributed by atoms with E-state index in [1.807, 2.05) is 12.1 Å². The second-order valence-electron chi connectivity index (χ2n) is 2.71. The summed E-state index contributed by atoms with van der Waals surface area (Å²) in [5.74, 6) is 0.516. The van der Waals surface area contributed by atoms with Crippen LogP contribution < -0.4 is 0 Å². The van der Waals surface area contributed by atoms with Gasteiger partial charge in [-0.15, -0.1) is 11.6 Å². The van der Waals surface area contributed by atoms with Crippen molar-refractivity contribution in [2.24, 2.45) is 0 Å². The Bertz CT molecular complexity index is 452. The van der Waals surface area contributed by atoms with Gasteiger partial charge >= 0.3 is 0 Å². The molecule has 0 aliphatic heterocycles. The maximum atomic E-state index is 9.33. The van der Waals surface area contributed by atoms with Crippen molar-refractivity contribution in [3.63, 3.8) is 0 Å². The number of thiophene rings is 1. The fourth-order valence-corrected chi connectivity index (χ4v) is 3.22. The van der Waals surface area contributed by atoms with E-state index in [0.717, 1.165) is 19.2 Å². The number of benzene rings is 1. The Morgan fingerprint density at radius 2 is 2.15 bits per heavy atom. The minimum Gasteiger partial charge on any atom is -0.499 e. The predicted octanol–water partition coefficient (Wildman–Crippen LogP) is 3.95. The van der Waals surface area contributed by atoms with Gasteiger partial charge < -0.3 is 5.11 Å². The largest absolute Gasteiger partial charge is 0.499 e. The predicted molar refractivity (Wildman–Crippen MR) is 65.8 cm³/mol. The first-order chi connectivity index (χ1) is 6.20. The number of hydrogen-bond donors (Lipinski definition) is 1. The van der Waals surface area contributed by atoms with E-state index < -0.39 is 0 Å². The molecule has 0 amide bonds. The highest BCUT2D eigenvalue weighted by Gasteiger charge is 2.05. The molecule has 0 atom stereocenters. The van der Waals surface area contributed by atoms with Crippen LogP contribution in [-0.2, 0) is 5.88 Å². The second-order valence-corrected chi connectivity index (χ2v) is 5.17. The summed E-state index contributed by atoms with van der Waals surface area (Å²) in [5.41, 5.74) is 1.09. The smallest absolute Gasteiger partial charge is 0.172 e. The topological polar surface area (TPSA) is 20.2 Å². The molecular formula is C9H6ClIOS. The Morgan fingerprint density at radius 3 is 2.85 bits per heavy atom. The van der Waals surface area contributed by atoms with Gasteiger partial charge in [0.1, 0.15) is 0 Å². The Balaban J connectivity index is 2.75. The first kappa shape index (κ1) is 9.55. The van der Waals surface area contributed by atoms with Gasteiger partial charge in [0, 0.05) is 9.45 Å². The highest BCUT2D eigenvalue weighted by atomic mass is 127. The van der Waals surface area contributed by atoms with Gasteiger partial charge in [0.15, 0.2) is 5.06 Å². The molecule has 1 aromatic carbocycles. The molecule has 0 saturated carbocycles. The van der Waals surface area contributed by atoms with Crippen molar-refractivity contribution in [2.75, 3.05) is 0 Å². The van der Waals surface area contributed by atoms with Gasteiger partial charge in [-0.3, -0.25) is 0 Å². The van der Waals surface area contributed by atoms with Crippen LogP contribution in [0.25, 0.3) is 10.1 Å². The summed E-state index contributed by atoms with van der Waals surface area (Å²) in [6.45, 7) is 0. The van der Waals surface area contributed by atoms with Gasteiger partial charge in [-0.05, 0) is 51.7 Å². The lowest BCUT2D eigenvalue weighted by molar-refractivity contribution is 0.491. The molecular weight excluding hydrogens is 319 g/mol. The number of rotatable bonds is 1. The third kappa shape index (κ3) is 1.78. The average molecular weight is 325 g/mol. The van der Waals surface area contributed by atoms with Crippen molar-refractivity contribution in [3.05, 3.63) is 27.3 Å². The van der Waals surface area contributed by atoms with Crippen LogP contribution in [0.4, 0.5) is 0 Å². The number of halogens is 2. The lowest BCUT2D eigenvalue weighted by atomic mass is 10.2. The zero-order valence-corrected chi connectivity index (χ0v) is 10.3. The number of hydrogen-bond acceptors (Lipinski definition) is 2. The van der Waals surface area contributed by atoms with E-state index in [1.54, 1.807) is 6.07 Å². The first-order valence-corrected chi connectivity index (χ1v) is 6.10. The van der Waals surface area contributed by atoms with E-state index in [4.69, 9.17) is 11.6 Å². The Kier molecular flexibility index (Phi) is 2.67. The number of fused-ring (bicyclic) bond motifs is 1. The maximum absolute atomic E-state index is 9.33. The maximum Gasteiger partial charge on any atom is 0.172 e. The first-order valence-electron chi connectivity index (χ1n) is 3.67. The van der Waals surface area contributed by atoms with Gasteiger partial charge in [0.2, 0.25) is 0 Å². The quantitative estimate of drug-likeness (QED) is 0.622. The van der Waals surface area contributed by atoms with Gasteiger partial charge in [-0.2, -0.15) is 0 Å². The van der Waals surface area contributed by atoms with Crippen LogP contribution in [0.2, 0.25) is 0 Å².